The molecule has 1 aliphatic carbocycles. The molecule has 118 valence electrons. The van der Waals surface area contributed by atoms with Gasteiger partial charge in [-0.15, -0.1) is 0 Å². The summed E-state index contributed by atoms with van der Waals surface area (Å²) in [5.74, 6) is 0.179. The first-order chi connectivity index (χ1) is 10.7. The molecule has 3 N–H and O–H groups in total. The molecule has 22 heavy (non-hydrogen) atoms. The summed E-state index contributed by atoms with van der Waals surface area (Å²) >= 11 is 1.55. The molecule has 1 aliphatic rings. The zero-order chi connectivity index (χ0) is 15.8. The summed E-state index contributed by atoms with van der Waals surface area (Å²) in [6.07, 6.45) is 3.74. The summed E-state index contributed by atoms with van der Waals surface area (Å²) in [4.78, 5) is 3.57. The van der Waals surface area contributed by atoms with Crippen LogP contribution in [0.3, 0.4) is 0 Å². The molecule has 2 aromatic rings. The molecule has 0 amide bonds. The molecule has 5 heteroatoms. The quantitative estimate of drug-likeness (QED) is 0.500. The Hall–Kier alpha value is -1.43. The second-order valence-electron chi connectivity index (χ2n) is 5.29. The Morgan fingerprint density at radius 1 is 1.27 bits per heavy atom. The van der Waals surface area contributed by atoms with Gasteiger partial charge < -0.3 is 5.73 Å². The van der Waals surface area contributed by atoms with Crippen molar-refractivity contribution in [3.05, 3.63) is 65.7 Å². The summed E-state index contributed by atoms with van der Waals surface area (Å²) < 4.78 is 16.0. The number of halogens is 1. The maximum absolute atomic E-state index is 12.8. The molecule has 0 aliphatic heterocycles. The number of hydrogen-bond donors (Lipinski definition) is 2. The molecule has 3 rings (SSSR count). The Bertz CT molecular complexity index is 559. The standard InChI is InChI=1S/C9H14N2S.C8H8FN/c1-8(10)12-11-7-9-5-3-2-4-6-9;9-8-7(6-3-4-6)2-1-5-10-8/h2-6,8,11H,7,10H2,1H3;1-2,5-6H,3-4H2. The van der Waals surface area contributed by atoms with E-state index in [0.29, 0.717) is 5.92 Å². The topological polar surface area (TPSA) is 50.9 Å². The monoisotopic (exact) mass is 319 g/mol. The zero-order valence-corrected chi connectivity index (χ0v) is 13.5. The Morgan fingerprint density at radius 2 is 2.00 bits per heavy atom. The Kier molecular flexibility index (Phi) is 6.83. The van der Waals surface area contributed by atoms with Crippen molar-refractivity contribution >= 4 is 11.9 Å². The number of benzene rings is 1. The van der Waals surface area contributed by atoms with Crippen molar-refractivity contribution in [3.8, 4) is 0 Å². The average Bonchev–Trinajstić information content (AvgIpc) is 3.34. The highest BCUT2D eigenvalue weighted by Crippen LogP contribution is 2.40. The summed E-state index contributed by atoms with van der Waals surface area (Å²) in [7, 11) is 0. The van der Waals surface area contributed by atoms with Crippen molar-refractivity contribution in [3.63, 3.8) is 0 Å². The van der Waals surface area contributed by atoms with E-state index in [1.165, 1.54) is 11.8 Å². The number of rotatable bonds is 5. The van der Waals surface area contributed by atoms with Crippen LogP contribution in [0.15, 0.2) is 48.7 Å². The molecular weight excluding hydrogens is 297 g/mol. The van der Waals surface area contributed by atoms with Crippen molar-refractivity contribution in [1.29, 1.82) is 0 Å². The Labute approximate surface area is 135 Å². The number of aromatic nitrogens is 1. The van der Waals surface area contributed by atoms with Gasteiger partial charge in [0.15, 0.2) is 0 Å². The van der Waals surface area contributed by atoms with E-state index in [1.54, 1.807) is 18.0 Å². The molecule has 3 nitrogen and oxygen atoms in total. The van der Waals surface area contributed by atoms with Crippen LogP contribution in [0.5, 0.6) is 0 Å². The van der Waals surface area contributed by atoms with E-state index in [-0.39, 0.29) is 11.3 Å². The molecule has 0 bridgehead atoms. The van der Waals surface area contributed by atoms with E-state index in [1.807, 2.05) is 31.2 Å². The first-order valence-electron chi connectivity index (χ1n) is 7.45. The lowest BCUT2D eigenvalue weighted by Gasteiger charge is -2.05. The van der Waals surface area contributed by atoms with Crippen LogP contribution in [-0.2, 0) is 6.54 Å². The van der Waals surface area contributed by atoms with E-state index in [0.717, 1.165) is 24.9 Å². The number of nitrogens with two attached hydrogens (primary N) is 1. The number of hydrogen-bond acceptors (Lipinski definition) is 4. The van der Waals surface area contributed by atoms with Crippen molar-refractivity contribution in [2.45, 2.75) is 37.6 Å². The fourth-order valence-corrected chi connectivity index (χ4v) is 2.46. The van der Waals surface area contributed by atoms with Gasteiger partial charge in [0.2, 0.25) is 5.95 Å². The van der Waals surface area contributed by atoms with E-state index >= 15 is 0 Å². The van der Waals surface area contributed by atoms with Crippen LogP contribution >= 0.6 is 11.9 Å². The molecule has 0 radical (unpaired) electrons. The third-order valence-electron chi connectivity index (χ3n) is 3.19. The van der Waals surface area contributed by atoms with Gasteiger partial charge in [-0.1, -0.05) is 48.3 Å². The SMILES string of the molecule is CC(N)SNCc1ccccc1.Fc1ncccc1C1CC1. The molecule has 1 saturated carbocycles. The molecule has 1 fully saturated rings. The lowest BCUT2D eigenvalue weighted by Crippen LogP contribution is -2.16. The van der Waals surface area contributed by atoms with Gasteiger partial charge in [0.1, 0.15) is 0 Å². The van der Waals surface area contributed by atoms with Gasteiger partial charge in [0.05, 0.1) is 5.37 Å². The summed E-state index contributed by atoms with van der Waals surface area (Å²) in [5, 5.41) is 0.147. The minimum Gasteiger partial charge on any atom is -0.319 e. The van der Waals surface area contributed by atoms with E-state index in [2.05, 4.69) is 21.8 Å². The highest BCUT2D eigenvalue weighted by Gasteiger charge is 2.26. The van der Waals surface area contributed by atoms with Gasteiger partial charge in [0, 0.05) is 18.3 Å². The van der Waals surface area contributed by atoms with Crippen molar-refractivity contribution in [2.24, 2.45) is 5.73 Å². The normalized spacial score (nSPS) is 14.9. The van der Waals surface area contributed by atoms with Gasteiger partial charge in [-0.25, -0.2) is 4.98 Å². The average molecular weight is 319 g/mol. The first-order valence-corrected chi connectivity index (χ1v) is 8.33. The Balaban J connectivity index is 0.000000162. The largest absolute Gasteiger partial charge is 0.319 e. The summed E-state index contributed by atoms with van der Waals surface area (Å²) in [6, 6.07) is 13.9. The fourth-order valence-electron chi connectivity index (χ4n) is 1.95. The third kappa shape index (κ3) is 6.13. The number of pyridine rings is 1. The van der Waals surface area contributed by atoms with Crippen LogP contribution in [0.25, 0.3) is 0 Å². The molecular formula is C17H22FN3S. The molecule has 1 aromatic carbocycles. The third-order valence-corrected chi connectivity index (χ3v) is 3.88. The second-order valence-corrected chi connectivity index (χ2v) is 6.56. The lowest BCUT2D eigenvalue weighted by molar-refractivity contribution is 0.567. The van der Waals surface area contributed by atoms with E-state index in [9.17, 15) is 4.39 Å². The van der Waals surface area contributed by atoms with Crippen molar-refractivity contribution in [1.82, 2.24) is 9.71 Å². The molecule has 1 unspecified atom stereocenters. The van der Waals surface area contributed by atoms with Gasteiger partial charge >= 0.3 is 0 Å². The highest BCUT2D eigenvalue weighted by molar-refractivity contribution is 7.97. The van der Waals surface area contributed by atoms with Gasteiger partial charge in [0.25, 0.3) is 0 Å². The molecule has 1 heterocycles. The summed E-state index contributed by atoms with van der Waals surface area (Å²) in [6.45, 7) is 2.83. The first kappa shape index (κ1) is 16.9. The molecule has 0 spiro atoms. The number of nitrogens with one attached hydrogen (secondary N) is 1. The van der Waals surface area contributed by atoms with Crippen LogP contribution in [0.2, 0.25) is 0 Å². The van der Waals surface area contributed by atoms with Crippen LogP contribution in [-0.4, -0.2) is 10.4 Å². The predicted octanol–water partition coefficient (Wildman–Crippen LogP) is 3.83. The Morgan fingerprint density at radius 3 is 2.59 bits per heavy atom. The molecule has 1 atom stereocenters. The predicted molar refractivity (Wildman–Crippen MR) is 90.7 cm³/mol. The minimum atomic E-state index is -0.287. The second kappa shape index (κ2) is 8.88. The highest BCUT2D eigenvalue weighted by atomic mass is 32.2. The van der Waals surface area contributed by atoms with Crippen molar-refractivity contribution < 1.29 is 4.39 Å². The van der Waals surface area contributed by atoms with Crippen LogP contribution in [0, 0.1) is 5.95 Å². The smallest absolute Gasteiger partial charge is 0.216 e. The summed E-state index contributed by atoms with van der Waals surface area (Å²) in [5.41, 5.74) is 7.63. The zero-order valence-electron chi connectivity index (χ0n) is 12.7. The van der Waals surface area contributed by atoms with Crippen molar-refractivity contribution in [2.75, 3.05) is 0 Å². The van der Waals surface area contributed by atoms with Crippen LogP contribution < -0.4 is 10.5 Å². The van der Waals surface area contributed by atoms with Gasteiger partial charge in [-0.2, -0.15) is 4.39 Å². The van der Waals surface area contributed by atoms with E-state index in [4.69, 9.17) is 5.73 Å². The fraction of sp³-hybridized carbons (Fsp3) is 0.353. The molecule has 1 aromatic heterocycles. The van der Waals surface area contributed by atoms with Crippen LogP contribution in [0.4, 0.5) is 4.39 Å². The number of nitrogens with zero attached hydrogens (tertiary/aromatic N) is 1. The maximum Gasteiger partial charge on any atom is 0.216 e. The van der Waals surface area contributed by atoms with Gasteiger partial charge in [-0.05, 0) is 37.3 Å². The van der Waals surface area contributed by atoms with E-state index < -0.39 is 0 Å². The minimum absolute atomic E-state index is 0.147. The van der Waals surface area contributed by atoms with Gasteiger partial charge in [-0.3, -0.25) is 4.72 Å². The lowest BCUT2D eigenvalue weighted by atomic mass is 10.2. The molecule has 0 saturated heterocycles. The van der Waals surface area contributed by atoms with Crippen LogP contribution in [0.1, 0.15) is 36.8 Å². The maximum atomic E-state index is 12.8.